The van der Waals surface area contributed by atoms with Gasteiger partial charge in [-0.25, -0.2) is 4.98 Å². The Hall–Kier alpha value is -2.64. The molecule has 1 atom stereocenters. The number of nitrogens with zero attached hydrogens (tertiary/aromatic N) is 1. The third-order valence-electron chi connectivity index (χ3n) is 4.64. The lowest BCUT2D eigenvalue weighted by Crippen LogP contribution is -2.12. The fraction of sp³-hybridized carbons (Fsp3) is 0.263. The Labute approximate surface area is 154 Å². The van der Waals surface area contributed by atoms with Crippen LogP contribution < -0.4 is 15.8 Å². The van der Waals surface area contributed by atoms with Gasteiger partial charge < -0.3 is 20.9 Å². The Morgan fingerprint density at radius 2 is 2.15 bits per heavy atom. The number of benzene rings is 1. The molecule has 0 spiro atoms. The number of nitrogens with two attached hydrogens (primary N) is 1. The molecule has 1 aliphatic carbocycles. The van der Waals surface area contributed by atoms with Crippen LogP contribution in [0, 0.1) is 0 Å². The van der Waals surface area contributed by atoms with Crippen molar-refractivity contribution in [2.75, 3.05) is 18.2 Å². The van der Waals surface area contributed by atoms with E-state index in [9.17, 15) is 9.90 Å². The van der Waals surface area contributed by atoms with E-state index in [-0.39, 0.29) is 5.91 Å². The van der Waals surface area contributed by atoms with Crippen molar-refractivity contribution in [3.05, 3.63) is 46.5 Å². The third kappa shape index (κ3) is 2.89. The molecule has 0 bridgehead atoms. The second-order valence-electron chi connectivity index (χ2n) is 6.31. The Balaban J connectivity index is 1.67. The van der Waals surface area contributed by atoms with Crippen molar-refractivity contribution < 1.29 is 14.6 Å². The predicted molar refractivity (Wildman–Crippen MR) is 103 cm³/mol. The number of hydrogen-bond acceptors (Lipinski definition) is 6. The van der Waals surface area contributed by atoms with Gasteiger partial charge in [0.05, 0.1) is 18.9 Å². The second kappa shape index (κ2) is 6.59. The molecule has 26 heavy (non-hydrogen) atoms. The number of hydrogen-bond donors (Lipinski definition) is 3. The van der Waals surface area contributed by atoms with Gasteiger partial charge in [-0.3, -0.25) is 4.79 Å². The highest BCUT2D eigenvalue weighted by molar-refractivity contribution is 7.21. The summed E-state index contributed by atoms with van der Waals surface area (Å²) in [5.74, 6) is 0.451. The molecule has 2 aromatic heterocycles. The minimum atomic E-state index is -0.508. The lowest BCUT2D eigenvalue weighted by Gasteiger charge is -2.20. The fourth-order valence-electron chi connectivity index (χ4n) is 3.23. The van der Waals surface area contributed by atoms with Crippen LogP contribution in [-0.2, 0) is 6.42 Å². The average molecular weight is 369 g/mol. The van der Waals surface area contributed by atoms with Gasteiger partial charge in [-0.15, -0.1) is 11.3 Å². The maximum absolute atomic E-state index is 12.7. The number of aromatic nitrogens is 1. The minimum Gasteiger partial charge on any atom is -0.497 e. The largest absolute Gasteiger partial charge is 0.497 e. The van der Waals surface area contributed by atoms with Gasteiger partial charge in [0.2, 0.25) is 0 Å². The molecule has 0 fully saturated rings. The number of methoxy groups -OCH3 is 1. The quantitative estimate of drug-likeness (QED) is 0.656. The molecule has 134 valence electrons. The van der Waals surface area contributed by atoms with E-state index >= 15 is 0 Å². The van der Waals surface area contributed by atoms with E-state index in [1.54, 1.807) is 31.4 Å². The van der Waals surface area contributed by atoms with Crippen molar-refractivity contribution in [3.8, 4) is 5.75 Å². The molecule has 1 aliphatic rings. The van der Waals surface area contributed by atoms with Crippen LogP contribution in [-0.4, -0.2) is 23.1 Å². The molecular weight excluding hydrogens is 350 g/mol. The number of thiophene rings is 1. The molecule has 6 nitrogen and oxygen atoms in total. The van der Waals surface area contributed by atoms with Crippen LogP contribution in [0.5, 0.6) is 5.75 Å². The van der Waals surface area contributed by atoms with Crippen LogP contribution in [0.3, 0.4) is 0 Å². The van der Waals surface area contributed by atoms with E-state index in [1.807, 2.05) is 6.07 Å². The average Bonchev–Trinajstić information content (AvgIpc) is 2.97. The minimum absolute atomic E-state index is 0.269. The Kier molecular flexibility index (Phi) is 4.26. The first kappa shape index (κ1) is 16.8. The fourth-order valence-corrected chi connectivity index (χ4v) is 4.22. The number of fused-ring (bicyclic) bond motifs is 2. The number of amides is 1. The highest BCUT2D eigenvalue weighted by Crippen LogP contribution is 2.38. The molecular formula is C19H19N3O3S. The number of rotatable bonds is 3. The number of ether oxygens (including phenoxy) is 1. The highest BCUT2D eigenvalue weighted by atomic mass is 32.1. The van der Waals surface area contributed by atoms with Crippen molar-refractivity contribution in [3.63, 3.8) is 0 Å². The first-order valence-electron chi connectivity index (χ1n) is 8.42. The molecule has 1 unspecified atom stereocenters. The Morgan fingerprint density at radius 3 is 2.88 bits per heavy atom. The number of carbonyl (C=O) groups is 1. The van der Waals surface area contributed by atoms with Crippen molar-refractivity contribution in [1.29, 1.82) is 0 Å². The number of anilines is 2. The van der Waals surface area contributed by atoms with Crippen LogP contribution in [0.4, 0.5) is 11.4 Å². The molecule has 0 saturated carbocycles. The van der Waals surface area contributed by atoms with Crippen LogP contribution >= 0.6 is 11.3 Å². The molecule has 3 aromatic rings. The number of carbonyl (C=O) groups excluding carboxylic acids is 1. The zero-order chi connectivity index (χ0) is 18.3. The van der Waals surface area contributed by atoms with Gasteiger partial charge in [0, 0.05) is 22.3 Å². The predicted octanol–water partition coefficient (Wildman–Crippen LogP) is 3.51. The number of pyridine rings is 1. The van der Waals surface area contributed by atoms with E-state index in [1.165, 1.54) is 11.3 Å². The number of nitrogens with one attached hydrogen (secondary N) is 1. The lowest BCUT2D eigenvalue weighted by atomic mass is 9.93. The monoisotopic (exact) mass is 369 g/mol. The van der Waals surface area contributed by atoms with E-state index in [0.717, 1.165) is 46.5 Å². The summed E-state index contributed by atoms with van der Waals surface area (Å²) in [5, 5.41) is 13.8. The summed E-state index contributed by atoms with van der Waals surface area (Å²) in [6.07, 6.45) is 1.98. The van der Waals surface area contributed by atoms with Crippen LogP contribution in [0.2, 0.25) is 0 Å². The van der Waals surface area contributed by atoms with Crippen LogP contribution in [0.15, 0.2) is 30.3 Å². The standard InChI is InChI=1S/C19H19N3O3S/c1-25-11-7-5-10(6-8-11)21-18(24)17-16(20)13-9-12-14(22-19(13)26-17)3-2-4-15(12)23/h5-9,15,23H,2-4,20H2,1H3,(H,21,24). The Bertz CT molecular complexity index is 982. The molecule has 0 saturated heterocycles. The number of aliphatic hydroxyl groups is 1. The maximum atomic E-state index is 12.7. The summed E-state index contributed by atoms with van der Waals surface area (Å²) < 4.78 is 5.12. The summed E-state index contributed by atoms with van der Waals surface area (Å²) >= 11 is 1.28. The first-order valence-corrected chi connectivity index (χ1v) is 9.23. The van der Waals surface area contributed by atoms with E-state index in [4.69, 9.17) is 10.5 Å². The smallest absolute Gasteiger partial charge is 0.267 e. The van der Waals surface area contributed by atoms with E-state index in [0.29, 0.717) is 16.3 Å². The highest BCUT2D eigenvalue weighted by Gasteiger charge is 2.24. The molecule has 4 rings (SSSR count). The molecule has 0 radical (unpaired) electrons. The van der Waals surface area contributed by atoms with Gasteiger partial charge in [0.25, 0.3) is 5.91 Å². The van der Waals surface area contributed by atoms with Crippen LogP contribution in [0.25, 0.3) is 10.2 Å². The summed E-state index contributed by atoms with van der Waals surface area (Å²) in [6, 6.07) is 8.99. The Morgan fingerprint density at radius 1 is 1.38 bits per heavy atom. The molecule has 2 heterocycles. The van der Waals surface area contributed by atoms with Gasteiger partial charge >= 0.3 is 0 Å². The summed E-state index contributed by atoms with van der Waals surface area (Å²) in [5.41, 5.74) is 9.03. The van der Waals surface area contributed by atoms with Crippen molar-refractivity contribution in [1.82, 2.24) is 4.98 Å². The number of aliphatic hydroxyl groups excluding tert-OH is 1. The van der Waals surface area contributed by atoms with Crippen LogP contribution in [0.1, 0.15) is 39.9 Å². The SMILES string of the molecule is COc1ccc(NC(=O)c2sc3nc4c(cc3c2N)C(O)CCC4)cc1. The summed E-state index contributed by atoms with van der Waals surface area (Å²) in [6.45, 7) is 0. The van der Waals surface area contributed by atoms with Crippen molar-refractivity contribution in [2.24, 2.45) is 0 Å². The molecule has 4 N–H and O–H groups in total. The van der Waals surface area contributed by atoms with E-state index in [2.05, 4.69) is 10.3 Å². The molecule has 0 aliphatic heterocycles. The first-order chi connectivity index (χ1) is 12.6. The van der Waals surface area contributed by atoms with Crippen molar-refractivity contribution in [2.45, 2.75) is 25.4 Å². The summed E-state index contributed by atoms with van der Waals surface area (Å²) in [7, 11) is 1.59. The zero-order valence-electron chi connectivity index (χ0n) is 14.3. The summed E-state index contributed by atoms with van der Waals surface area (Å²) in [4.78, 5) is 18.5. The molecule has 7 heteroatoms. The van der Waals surface area contributed by atoms with E-state index < -0.39 is 6.10 Å². The third-order valence-corrected chi connectivity index (χ3v) is 5.75. The zero-order valence-corrected chi connectivity index (χ0v) is 15.1. The van der Waals surface area contributed by atoms with Gasteiger partial charge in [-0.05, 0) is 49.6 Å². The molecule has 1 amide bonds. The van der Waals surface area contributed by atoms with Gasteiger partial charge in [0.15, 0.2) is 0 Å². The van der Waals surface area contributed by atoms with Gasteiger partial charge in [-0.2, -0.15) is 0 Å². The maximum Gasteiger partial charge on any atom is 0.267 e. The van der Waals surface area contributed by atoms with Gasteiger partial charge in [-0.1, -0.05) is 0 Å². The van der Waals surface area contributed by atoms with Gasteiger partial charge in [0.1, 0.15) is 15.5 Å². The number of aryl methyl sites for hydroxylation is 1. The second-order valence-corrected chi connectivity index (χ2v) is 7.31. The van der Waals surface area contributed by atoms with Crippen molar-refractivity contribution >= 4 is 38.8 Å². The molecule has 1 aromatic carbocycles. The normalized spacial score (nSPS) is 16.3. The number of nitrogen functional groups attached to an aromatic ring is 1. The topological polar surface area (TPSA) is 97.5 Å². The lowest BCUT2D eigenvalue weighted by molar-refractivity contribution is 0.103.